The third-order valence-corrected chi connectivity index (χ3v) is 8.56. The molecule has 1 heterocycles. The van der Waals surface area contributed by atoms with Gasteiger partial charge in [-0.2, -0.15) is 0 Å². The summed E-state index contributed by atoms with van der Waals surface area (Å²) < 4.78 is 0. The fourth-order valence-corrected chi connectivity index (χ4v) is 4.63. The van der Waals surface area contributed by atoms with Crippen molar-refractivity contribution in [3.05, 3.63) is 0 Å². The molecular weight excluding hydrogens is 188 g/mol. The van der Waals surface area contributed by atoms with Gasteiger partial charge in [0.1, 0.15) is 0 Å². The molecule has 0 aliphatic carbocycles. The Balaban J connectivity index is 0.000000791. The van der Waals surface area contributed by atoms with Crippen LogP contribution in [-0.4, -0.2) is 18.4 Å². The largest absolute Gasteiger partial charge is 0.394 e. The molecule has 0 aromatic carbocycles. The maximum Gasteiger partial charge on any atom is 0.0847 e. The van der Waals surface area contributed by atoms with E-state index in [1.54, 1.807) is 0 Å². The highest BCUT2D eigenvalue weighted by Crippen LogP contribution is 2.40. The molecule has 0 aromatic heterocycles. The molecule has 2 heteroatoms. The summed E-state index contributed by atoms with van der Waals surface area (Å²) in [5, 5.41) is 9.95. The third-order valence-electron chi connectivity index (χ3n) is 3.90. The van der Waals surface area contributed by atoms with Crippen molar-refractivity contribution in [2.75, 3.05) is 0 Å². The zero-order chi connectivity index (χ0) is 11.4. The van der Waals surface area contributed by atoms with Gasteiger partial charge in [-0.1, -0.05) is 38.9 Å². The molecule has 0 radical (unpaired) electrons. The van der Waals surface area contributed by atoms with Crippen LogP contribution >= 0.6 is 0 Å². The smallest absolute Gasteiger partial charge is 0.0847 e. The van der Waals surface area contributed by atoms with Crippen LogP contribution in [0.5, 0.6) is 0 Å². The third kappa shape index (κ3) is 2.86. The van der Waals surface area contributed by atoms with Gasteiger partial charge in [0.2, 0.25) is 0 Å². The van der Waals surface area contributed by atoms with E-state index in [0.29, 0.717) is 0 Å². The maximum atomic E-state index is 10.3. The lowest BCUT2D eigenvalue weighted by Crippen LogP contribution is -2.56. The van der Waals surface area contributed by atoms with E-state index in [2.05, 4.69) is 39.8 Å². The number of aliphatic hydroxyl groups is 1. The van der Waals surface area contributed by atoms with Crippen LogP contribution in [0.4, 0.5) is 0 Å². The molecule has 0 aromatic rings. The van der Waals surface area contributed by atoms with E-state index >= 15 is 0 Å². The molecule has 0 spiro atoms. The van der Waals surface area contributed by atoms with Gasteiger partial charge in [0, 0.05) is 0 Å². The van der Waals surface area contributed by atoms with Crippen LogP contribution in [0.25, 0.3) is 0 Å². The Bertz CT molecular complexity index is 194. The van der Waals surface area contributed by atoms with Crippen LogP contribution in [0, 0.1) is 18.8 Å². The Morgan fingerprint density at radius 2 is 1.93 bits per heavy atom. The highest BCUT2D eigenvalue weighted by atomic mass is 28.3. The van der Waals surface area contributed by atoms with Crippen LogP contribution in [0.1, 0.15) is 33.1 Å². The van der Waals surface area contributed by atoms with Gasteiger partial charge in [-0.3, -0.25) is 0 Å². The number of hydrogen-bond donors (Lipinski definition) is 1. The van der Waals surface area contributed by atoms with E-state index < -0.39 is 8.07 Å². The molecule has 1 saturated heterocycles. The first kappa shape index (κ1) is 13.7. The van der Waals surface area contributed by atoms with E-state index in [1.807, 2.05) is 0 Å². The maximum absolute atomic E-state index is 10.3. The Morgan fingerprint density at radius 3 is 2.29 bits per heavy atom. The normalized spacial score (nSPS) is 35.5. The van der Waals surface area contributed by atoms with Crippen LogP contribution in [0.15, 0.2) is 0 Å². The number of terminal acetylenes is 1. The van der Waals surface area contributed by atoms with Gasteiger partial charge in [0.15, 0.2) is 0 Å². The monoisotopic (exact) mass is 212 g/mol. The Labute approximate surface area is 89.9 Å². The fraction of sp³-hybridized carbons (Fsp3) is 0.833. The summed E-state index contributed by atoms with van der Waals surface area (Å²) >= 11 is 0. The predicted molar refractivity (Wildman–Crippen MR) is 65.8 cm³/mol. The quantitative estimate of drug-likeness (QED) is 0.523. The van der Waals surface area contributed by atoms with Crippen molar-refractivity contribution >= 4 is 8.07 Å². The van der Waals surface area contributed by atoms with Gasteiger partial charge in [0.25, 0.3) is 0 Å². The molecule has 82 valence electrons. The van der Waals surface area contributed by atoms with Crippen molar-refractivity contribution < 1.29 is 5.11 Å². The van der Waals surface area contributed by atoms with E-state index in [-0.39, 0.29) is 5.22 Å². The molecule has 0 bridgehead atoms. The van der Waals surface area contributed by atoms with Crippen molar-refractivity contribution in [2.24, 2.45) is 5.92 Å². The molecule has 1 rings (SSSR count). The summed E-state index contributed by atoms with van der Waals surface area (Å²) in [6.45, 7) is 8.93. The van der Waals surface area contributed by atoms with Gasteiger partial charge < -0.3 is 5.11 Å². The molecule has 1 N–H and O–H groups in total. The first-order valence-corrected chi connectivity index (χ1v) is 8.65. The second-order valence-corrected chi connectivity index (χ2v) is 10.5. The van der Waals surface area contributed by atoms with E-state index in [0.717, 1.165) is 12.3 Å². The summed E-state index contributed by atoms with van der Waals surface area (Å²) in [7, 11) is -1.32. The standard InChI is InChI=1S/C10H22OSi.C2H2/c1-5-9-6-7-12(3,4)10(2,11)8-9;1-2/h9,11H,5-8H2,1-4H3;1-2H. The van der Waals surface area contributed by atoms with Crippen LogP contribution in [-0.2, 0) is 0 Å². The minimum atomic E-state index is -1.32. The minimum absolute atomic E-state index is 0.314. The molecule has 2 unspecified atom stereocenters. The van der Waals surface area contributed by atoms with Gasteiger partial charge in [-0.05, 0) is 19.3 Å². The van der Waals surface area contributed by atoms with Gasteiger partial charge in [0.05, 0.1) is 13.3 Å². The average Bonchev–Trinajstić information content (AvgIpc) is 2.13. The zero-order valence-electron chi connectivity index (χ0n) is 10.0. The van der Waals surface area contributed by atoms with Gasteiger partial charge in [-0.15, -0.1) is 12.8 Å². The second kappa shape index (κ2) is 5.00. The number of hydrogen-bond acceptors (Lipinski definition) is 1. The summed E-state index contributed by atoms with van der Waals surface area (Å²) in [5.74, 6) is 0.778. The summed E-state index contributed by atoms with van der Waals surface area (Å²) in [4.78, 5) is 0. The molecule has 14 heavy (non-hydrogen) atoms. The summed E-state index contributed by atoms with van der Waals surface area (Å²) in [6, 6.07) is 1.30. The van der Waals surface area contributed by atoms with Gasteiger partial charge in [-0.25, -0.2) is 0 Å². The summed E-state index contributed by atoms with van der Waals surface area (Å²) in [5.41, 5.74) is 0. The van der Waals surface area contributed by atoms with Crippen LogP contribution in [0.3, 0.4) is 0 Å². The van der Waals surface area contributed by atoms with Crippen molar-refractivity contribution in [1.29, 1.82) is 0 Å². The van der Waals surface area contributed by atoms with E-state index in [1.165, 1.54) is 18.9 Å². The molecule has 1 fully saturated rings. The van der Waals surface area contributed by atoms with Crippen LogP contribution in [0.2, 0.25) is 19.1 Å². The second-order valence-electron chi connectivity index (χ2n) is 5.17. The fourth-order valence-electron chi connectivity index (χ4n) is 2.12. The molecular formula is C12H24OSi. The summed E-state index contributed by atoms with van der Waals surface area (Å²) in [6.07, 6.45) is 11.6. The minimum Gasteiger partial charge on any atom is -0.394 e. The Hall–Kier alpha value is -0.263. The van der Waals surface area contributed by atoms with E-state index in [4.69, 9.17) is 0 Å². The topological polar surface area (TPSA) is 20.2 Å². The van der Waals surface area contributed by atoms with Crippen molar-refractivity contribution in [2.45, 2.75) is 57.5 Å². The SMILES string of the molecule is C#C.CCC1CC[Si](C)(C)C(C)(O)C1. The Morgan fingerprint density at radius 1 is 1.43 bits per heavy atom. The van der Waals surface area contributed by atoms with Gasteiger partial charge >= 0.3 is 0 Å². The average molecular weight is 212 g/mol. The predicted octanol–water partition coefficient (Wildman–Crippen LogP) is 3.05. The first-order valence-electron chi connectivity index (χ1n) is 5.45. The highest BCUT2D eigenvalue weighted by Gasteiger charge is 2.45. The Kier molecular flexibility index (Phi) is 4.90. The van der Waals surface area contributed by atoms with Crippen LogP contribution < -0.4 is 0 Å². The molecule has 1 aliphatic heterocycles. The van der Waals surface area contributed by atoms with Crippen molar-refractivity contribution in [3.8, 4) is 12.8 Å². The first-order chi connectivity index (χ1) is 6.39. The lowest BCUT2D eigenvalue weighted by Gasteiger charge is -2.45. The number of rotatable bonds is 1. The van der Waals surface area contributed by atoms with Crippen molar-refractivity contribution in [1.82, 2.24) is 0 Å². The zero-order valence-corrected chi connectivity index (χ0v) is 11.0. The van der Waals surface area contributed by atoms with Crippen molar-refractivity contribution in [3.63, 3.8) is 0 Å². The lowest BCUT2D eigenvalue weighted by atomic mass is 9.95. The molecule has 0 amide bonds. The molecule has 1 nitrogen and oxygen atoms in total. The highest BCUT2D eigenvalue weighted by molar-refractivity contribution is 6.80. The lowest BCUT2D eigenvalue weighted by molar-refractivity contribution is 0.0908. The molecule has 0 saturated carbocycles. The molecule has 1 aliphatic rings. The van der Waals surface area contributed by atoms with E-state index in [9.17, 15) is 5.11 Å². The molecule has 2 atom stereocenters.